The second kappa shape index (κ2) is 4.13. The summed E-state index contributed by atoms with van der Waals surface area (Å²) in [7, 11) is 1.54. The Hall–Kier alpha value is -2.00. The van der Waals surface area contributed by atoms with Crippen molar-refractivity contribution in [1.29, 1.82) is 10.5 Å². The zero-order valence-electron chi connectivity index (χ0n) is 7.24. The van der Waals surface area contributed by atoms with Crippen molar-refractivity contribution in [3.8, 4) is 17.9 Å². The van der Waals surface area contributed by atoms with Crippen molar-refractivity contribution in [3.63, 3.8) is 0 Å². The minimum absolute atomic E-state index is 0.263. The standard InChI is InChI=1S/C10H8N2O/c1-13-10-3-2-8(7-12)6-9(10)4-5-11/h2-3,6H,4H2,1H3. The molecule has 0 aromatic heterocycles. The van der Waals surface area contributed by atoms with Crippen molar-refractivity contribution < 1.29 is 4.74 Å². The lowest BCUT2D eigenvalue weighted by molar-refractivity contribution is 0.411. The summed E-state index contributed by atoms with van der Waals surface area (Å²) in [6.07, 6.45) is 0.263. The predicted molar refractivity (Wildman–Crippen MR) is 47.0 cm³/mol. The third-order valence-electron chi connectivity index (χ3n) is 1.68. The Balaban J connectivity index is 3.13. The average Bonchev–Trinajstić information content (AvgIpc) is 2.18. The number of nitrogens with zero attached hydrogens (tertiary/aromatic N) is 2. The first-order chi connectivity index (χ1) is 6.31. The minimum atomic E-state index is 0.263. The van der Waals surface area contributed by atoms with E-state index in [9.17, 15) is 0 Å². The summed E-state index contributed by atoms with van der Waals surface area (Å²) in [6, 6.07) is 9.07. The summed E-state index contributed by atoms with van der Waals surface area (Å²) in [5, 5.41) is 17.1. The van der Waals surface area contributed by atoms with E-state index in [2.05, 4.69) is 0 Å². The van der Waals surface area contributed by atoms with Gasteiger partial charge in [-0.2, -0.15) is 10.5 Å². The van der Waals surface area contributed by atoms with Crippen LogP contribution in [0, 0.1) is 22.7 Å². The van der Waals surface area contributed by atoms with Gasteiger partial charge in [0.15, 0.2) is 0 Å². The molecule has 1 aromatic carbocycles. The fraction of sp³-hybridized carbons (Fsp3) is 0.200. The van der Waals surface area contributed by atoms with Crippen molar-refractivity contribution in [3.05, 3.63) is 29.3 Å². The van der Waals surface area contributed by atoms with Crippen LogP contribution in [-0.4, -0.2) is 7.11 Å². The highest BCUT2D eigenvalue weighted by molar-refractivity contribution is 5.43. The molecule has 3 nitrogen and oxygen atoms in total. The normalized spacial score (nSPS) is 8.54. The zero-order valence-corrected chi connectivity index (χ0v) is 7.24. The Morgan fingerprint density at radius 2 is 2.15 bits per heavy atom. The summed E-state index contributed by atoms with van der Waals surface area (Å²) < 4.78 is 5.04. The van der Waals surface area contributed by atoms with Crippen LogP contribution in [0.1, 0.15) is 11.1 Å². The van der Waals surface area contributed by atoms with Gasteiger partial charge in [-0.05, 0) is 18.2 Å². The molecule has 0 N–H and O–H groups in total. The maximum Gasteiger partial charge on any atom is 0.123 e. The van der Waals surface area contributed by atoms with E-state index in [4.69, 9.17) is 15.3 Å². The molecule has 0 aliphatic rings. The van der Waals surface area contributed by atoms with Crippen molar-refractivity contribution in [2.24, 2.45) is 0 Å². The van der Waals surface area contributed by atoms with Crippen molar-refractivity contribution in [2.75, 3.05) is 7.11 Å². The van der Waals surface area contributed by atoms with E-state index in [1.54, 1.807) is 25.3 Å². The summed E-state index contributed by atoms with van der Waals surface area (Å²) in [5.74, 6) is 0.653. The molecular weight excluding hydrogens is 164 g/mol. The third kappa shape index (κ3) is 1.98. The molecule has 0 saturated carbocycles. The largest absolute Gasteiger partial charge is 0.496 e. The van der Waals surface area contributed by atoms with Crippen molar-refractivity contribution >= 4 is 0 Å². The molecule has 0 amide bonds. The lowest BCUT2D eigenvalue weighted by atomic mass is 10.1. The monoisotopic (exact) mass is 172 g/mol. The zero-order chi connectivity index (χ0) is 9.68. The predicted octanol–water partition coefficient (Wildman–Crippen LogP) is 1.63. The lowest BCUT2D eigenvalue weighted by Crippen LogP contribution is -1.91. The molecule has 1 aromatic rings. The Kier molecular flexibility index (Phi) is 2.89. The molecule has 3 heteroatoms. The molecule has 0 saturated heterocycles. The average molecular weight is 172 g/mol. The first-order valence-corrected chi connectivity index (χ1v) is 3.75. The maximum absolute atomic E-state index is 8.62. The topological polar surface area (TPSA) is 56.8 Å². The second-order valence-electron chi connectivity index (χ2n) is 2.47. The van der Waals surface area contributed by atoms with E-state index < -0.39 is 0 Å². The van der Waals surface area contributed by atoms with Gasteiger partial charge in [-0.15, -0.1) is 0 Å². The van der Waals surface area contributed by atoms with Crippen LogP contribution in [0.2, 0.25) is 0 Å². The second-order valence-corrected chi connectivity index (χ2v) is 2.47. The number of nitriles is 2. The van der Waals surface area contributed by atoms with E-state index in [1.807, 2.05) is 12.1 Å². The molecule has 0 heterocycles. The Bertz CT molecular complexity index is 385. The Labute approximate surface area is 76.8 Å². The molecule has 13 heavy (non-hydrogen) atoms. The van der Waals surface area contributed by atoms with Gasteiger partial charge in [0.1, 0.15) is 5.75 Å². The van der Waals surface area contributed by atoms with Crippen LogP contribution < -0.4 is 4.74 Å². The number of rotatable bonds is 2. The first kappa shape index (κ1) is 9.09. The number of benzene rings is 1. The maximum atomic E-state index is 8.62. The lowest BCUT2D eigenvalue weighted by Gasteiger charge is -2.04. The van der Waals surface area contributed by atoms with E-state index in [0.717, 1.165) is 5.56 Å². The summed E-state index contributed by atoms with van der Waals surface area (Å²) in [5.41, 5.74) is 1.30. The number of ether oxygens (including phenoxy) is 1. The summed E-state index contributed by atoms with van der Waals surface area (Å²) in [6.45, 7) is 0. The Morgan fingerprint density at radius 3 is 2.69 bits per heavy atom. The molecular formula is C10H8N2O. The molecule has 0 bridgehead atoms. The Morgan fingerprint density at radius 1 is 1.38 bits per heavy atom. The van der Waals surface area contributed by atoms with Crippen LogP contribution in [0.5, 0.6) is 5.75 Å². The van der Waals surface area contributed by atoms with Crippen LogP contribution in [-0.2, 0) is 6.42 Å². The molecule has 0 aliphatic heterocycles. The van der Waals surface area contributed by atoms with Crippen LogP contribution in [0.25, 0.3) is 0 Å². The molecule has 0 radical (unpaired) electrons. The minimum Gasteiger partial charge on any atom is -0.496 e. The van der Waals surface area contributed by atoms with E-state index in [1.165, 1.54) is 0 Å². The van der Waals surface area contributed by atoms with Gasteiger partial charge in [-0.1, -0.05) is 0 Å². The highest BCUT2D eigenvalue weighted by atomic mass is 16.5. The summed E-state index contributed by atoms with van der Waals surface area (Å²) in [4.78, 5) is 0. The van der Waals surface area contributed by atoms with Gasteiger partial charge < -0.3 is 4.74 Å². The molecule has 1 rings (SSSR count). The van der Waals surface area contributed by atoms with Gasteiger partial charge >= 0.3 is 0 Å². The molecule has 0 unspecified atom stereocenters. The van der Waals surface area contributed by atoms with Crippen LogP contribution in [0.15, 0.2) is 18.2 Å². The summed E-state index contributed by atoms with van der Waals surface area (Å²) >= 11 is 0. The SMILES string of the molecule is COc1ccc(C#N)cc1CC#N. The first-order valence-electron chi connectivity index (χ1n) is 3.75. The molecule has 0 atom stereocenters. The quantitative estimate of drug-likeness (QED) is 0.681. The fourth-order valence-electron chi connectivity index (χ4n) is 1.07. The fourth-order valence-corrected chi connectivity index (χ4v) is 1.07. The number of hydrogen-bond donors (Lipinski definition) is 0. The van der Waals surface area contributed by atoms with Gasteiger partial charge in [-0.3, -0.25) is 0 Å². The van der Waals surface area contributed by atoms with Gasteiger partial charge in [0.05, 0.1) is 31.2 Å². The van der Waals surface area contributed by atoms with Crippen LogP contribution in [0.4, 0.5) is 0 Å². The van der Waals surface area contributed by atoms with E-state index in [0.29, 0.717) is 11.3 Å². The molecule has 0 fully saturated rings. The van der Waals surface area contributed by atoms with Gasteiger partial charge in [0.2, 0.25) is 0 Å². The van der Waals surface area contributed by atoms with Gasteiger partial charge in [-0.25, -0.2) is 0 Å². The van der Waals surface area contributed by atoms with E-state index >= 15 is 0 Å². The highest BCUT2D eigenvalue weighted by Gasteiger charge is 2.02. The van der Waals surface area contributed by atoms with E-state index in [-0.39, 0.29) is 6.42 Å². The van der Waals surface area contributed by atoms with Crippen molar-refractivity contribution in [2.45, 2.75) is 6.42 Å². The highest BCUT2D eigenvalue weighted by Crippen LogP contribution is 2.19. The van der Waals surface area contributed by atoms with Crippen LogP contribution >= 0.6 is 0 Å². The molecule has 0 spiro atoms. The molecule has 0 aliphatic carbocycles. The van der Waals surface area contributed by atoms with Gasteiger partial charge in [0.25, 0.3) is 0 Å². The third-order valence-corrected chi connectivity index (χ3v) is 1.68. The molecule has 64 valence electrons. The number of hydrogen-bond acceptors (Lipinski definition) is 3. The number of methoxy groups -OCH3 is 1. The smallest absolute Gasteiger partial charge is 0.123 e. The van der Waals surface area contributed by atoms with Gasteiger partial charge in [0, 0.05) is 5.56 Å². The van der Waals surface area contributed by atoms with Crippen LogP contribution in [0.3, 0.4) is 0 Å². The van der Waals surface area contributed by atoms with Crippen molar-refractivity contribution in [1.82, 2.24) is 0 Å².